The maximum absolute atomic E-state index is 6.13. The third kappa shape index (κ3) is 2.07. The molecule has 0 bridgehead atoms. The van der Waals surface area contributed by atoms with Crippen LogP contribution < -0.4 is 0 Å². The summed E-state index contributed by atoms with van der Waals surface area (Å²) in [6.45, 7) is 4.03. The minimum Gasteiger partial charge on any atom is -0.233 e. The molecule has 0 fully saturated rings. The fourth-order valence-corrected chi connectivity index (χ4v) is 2.03. The van der Waals surface area contributed by atoms with Crippen molar-refractivity contribution < 1.29 is 0 Å². The first-order valence-electron chi connectivity index (χ1n) is 5.30. The van der Waals surface area contributed by atoms with E-state index in [9.17, 15) is 0 Å². The average Bonchev–Trinajstić information content (AvgIpc) is 2.30. The van der Waals surface area contributed by atoms with E-state index in [0.29, 0.717) is 11.0 Å². The Morgan fingerprint density at radius 3 is 2.38 bits per heavy atom. The molecule has 1 aromatic carbocycles. The number of hydrogen-bond donors (Lipinski definition) is 0. The summed E-state index contributed by atoms with van der Waals surface area (Å²) in [5, 5.41) is 0.564. The zero-order chi connectivity index (χ0) is 11.5. The standard InChI is InChI=1S/C13H13ClN2/c1-3-11-9(2)15-13(16-12(11)14)10-7-5-4-6-8-10/h4-8H,3H2,1-2H3. The predicted octanol–water partition coefficient (Wildman–Crippen LogP) is 3.67. The van der Waals surface area contributed by atoms with Gasteiger partial charge in [0.1, 0.15) is 5.15 Å². The van der Waals surface area contributed by atoms with E-state index >= 15 is 0 Å². The number of aryl methyl sites for hydroxylation is 1. The van der Waals surface area contributed by atoms with Crippen LogP contribution in [0.15, 0.2) is 30.3 Å². The molecule has 0 radical (unpaired) electrons. The smallest absolute Gasteiger partial charge is 0.161 e. The first-order chi connectivity index (χ1) is 7.72. The molecule has 0 N–H and O–H groups in total. The van der Waals surface area contributed by atoms with E-state index in [1.165, 1.54) is 0 Å². The largest absolute Gasteiger partial charge is 0.233 e. The highest BCUT2D eigenvalue weighted by Crippen LogP contribution is 2.22. The molecule has 82 valence electrons. The van der Waals surface area contributed by atoms with Crippen molar-refractivity contribution >= 4 is 11.6 Å². The van der Waals surface area contributed by atoms with Crippen LogP contribution in [0.1, 0.15) is 18.2 Å². The molecule has 0 aliphatic heterocycles. The zero-order valence-electron chi connectivity index (χ0n) is 9.37. The molecule has 3 heteroatoms. The molecule has 2 rings (SSSR count). The molecule has 1 heterocycles. The number of nitrogens with zero attached hydrogens (tertiary/aromatic N) is 2. The summed E-state index contributed by atoms with van der Waals surface area (Å²) >= 11 is 6.13. The average molecular weight is 233 g/mol. The Bertz CT molecular complexity index is 472. The summed E-state index contributed by atoms with van der Waals surface area (Å²) in [6.07, 6.45) is 0.861. The number of aromatic nitrogens is 2. The fraction of sp³-hybridized carbons (Fsp3) is 0.231. The lowest BCUT2D eigenvalue weighted by Crippen LogP contribution is -1.99. The van der Waals surface area contributed by atoms with Crippen molar-refractivity contribution in [3.05, 3.63) is 46.7 Å². The second kappa shape index (κ2) is 4.62. The van der Waals surface area contributed by atoms with Gasteiger partial charge in [0.05, 0.1) is 0 Å². The lowest BCUT2D eigenvalue weighted by molar-refractivity contribution is 1.00. The first-order valence-corrected chi connectivity index (χ1v) is 5.68. The van der Waals surface area contributed by atoms with E-state index < -0.39 is 0 Å². The first kappa shape index (κ1) is 11.1. The summed E-state index contributed by atoms with van der Waals surface area (Å²) in [5.74, 6) is 0.695. The highest BCUT2D eigenvalue weighted by Gasteiger charge is 2.09. The van der Waals surface area contributed by atoms with E-state index in [2.05, 4.69) is 16.9 Å². The van der Waals surface area contributed by atoms with Gasteiger partial charge in [0, 0.05) is 16.8 Å². The van der Waals surface area contributed by atoms with Gasteiger partial charge in [-0.25, -0.2) is 9.97 Å². The summed E-state index contributed by atoms with van der Waals surface area (Å²) in [4.78, 5) is 8.81. The van der Waals surface area contributed by atoms with Gasteiger partial charge in [-0.15, -0.1) is 0 Å². The van der Waals surface area contributed by atoms with E-state index in [1.807, 2.05) is 37.3 Å². The Morgan fingerprint density at radius 2 is 1.81 bits per heavy atom. The molecule has 2 nitrogen and oxygen atoms in total. The highest BCUT2D eigenvalue weighted by molar-refractivity contribution is 6.30. The van der Waals surface area contributed by atoms with Crippen molar-refractivity contribution in [1.82, 2.24) is 9.97 Å². The Balaban J connectivity index is 2.53. The molecule has 0 unspecified atom stereocenters. The van der Waals surface area contributed by atoms with Crippen LogP contribution in [-0.4, -0.2) is 9.97 Å². The number of benzene rings is 1. The minimum atomic E-state index is 0.564. The van der Waals surface area contributed by atoms with Gasteiger partial charge in [-0.1, -0.05) is 48.9 Å². The zero-order valence-corrected chi connectivity index (χ0v) is 10.1. The molecule has 0 aliphatic carbocycles. The van der Waals surface area contributed by atoms with Crippen LogP contribution in [0, 0.1) is 6.92 Å². The summed E-state index contributed by atoms with van der Waals surface area (Å²) in [6, 6.07) is 9.87. The van der Waals surface area contributed by atoms with E-state index in [0.717, 1.165) is 23.2 Å². The highest BCUT2D eigenvalue weighted by atomic mass is 35.5. The molecular weight excluding hydrogens is 220 g/mol. The van der Waals surface area contributed by atoms with Crippen LogP contribution in [0.2, 0.25) is 5.15 Å². The van der Waals surface area contributed by atoms with E-state index in [1.54, 1.807) is 0 Å². The van der Waals surface area contributed by atoms with Gasteiger partial charge in [0.15, 0.2) is 5.82 Å². The van der Waals surface area contributed by atoms with Gasteiger partial charge in [-0.05, 0) is 13.3 Å². The monoisotopic (exact) mass is 232 g/mol. The predicted molar refractivity (Wildman–Crippen MR) is 66.6 cm³/mol. The second-order valence-corrected chi connectivity index (χ2v) is 3.98. The molecule has 0 atom stereocenters. The van der Waals surface area contributed by atoms with Crippen molar-refractivity contribution in [3.63, 3.8) is 0 Å². The number of hydrogen-bond acceptors (Lipinski definition) is 2. The van der Waals surface area contributed by atoms with Crippen LogP contribution in [0.5, 0.6) is 0 Å². The maximum atomic E-state index is 6.13. The summed E-state index contributed by atoms with van der Waals surface area (Å²) in [5.41, 5.74) is 2.98. The SMILES string of the molecule is CCc1c(C)nc(-c2ccccc2)nc1Cl. The van der Waals surface area contributed by atoms with Gasteiger partial charge in [-0.2, -0.15) is 0 Å². The molecule has 2 aromatic rings. The topological polar surface area (TPSA) is 25.8 Å². The van der Waals surface area contributed by atoms with Crippen molar-refractivity contribution in [3.8, 4) is 11.4 Å². The molecule has 0 amide bonds. The summed E-state index contributed by atoms with van der Waals surface area (Å²) in [7, 11) is 0. The van der Waals surface area contributed by atoms with Crippen molar-refractivity contribution in [2.24, 2.45) is 0 Å². The molecule has 0 saturated carbocycles. The Morgan fingerprint density at radius 1 is 1.12 bits per heavy atom. The molecule has 1 aromatic heterocycles. The minimum absolute atomic E-state index is 0.564. The van der Waals surface area contributed by atoms with Crippen LogP contribution in [0.4, 0.5) is 0 Å². The van der Waals surface area contributed by atoms with Gasteiger partial charge in [0.25, 0.3) is 0 Å². The van der Waals surface area contributed by atoms with Crippen LogP contribution >= 0.6 is 11.6 Å². The number of halogens is 1. The van der Waals surface area contributed by atoms with Gasteiger partial charge in [0.2, 0.25) is 0 Å². The van der Waals surface area contributed by atoms with Gasteiger partial charge >= 0.3 is 0 Å². The maximum Gasteiger partial charge on any atom is 0.161 e. The van der Waals surface area contributed by atoms with E-state index in [-0.39, 0.29) is 0 Å². The summed E-state index contributed by atoms with van der Waals surface area (Å²) < 4.78 is 0. The van der Waals surface area contributed by atoms with E-state index in [4.69, 9.17) is 11.6 Å². The molecule has 16 heavy (non-hydrogen) atoms. The van der Waals surface area contributed by atoms with Crippen LogP contribution in [0.25, 0.3) is 11.4 Å². The van der Waals surface area contributed by atoms with Crippen molar-refractivity contribution in [2.45, 2.75) is 20.3 Å². The van der Waals surface area contributed by atoms with Gasteiger partial charge < -0.3 is 0 Å². The van der Waals surface area contributed by atoms with Crippen molar-refractivity contribution in [2.75, 3.05) is 0 Å². The van der Waals surface area contributed by atoms with Crippen LogP contribution in [-0.2, 0) is 6.42 Å². The molecule has 0 aliphatic rings. The molecule has 0 spiro atoms. The van der Waals surface area contributed by atoms with Crippen LogP contribution in [0.3, 0.4) is 0 Å². The quantitative estimate of drug-likeness (QED) is 0.739. The van der Waals surface area contributed by atoms with Crippen molar-refractivity contribution in [1.29, 1.82) is 0 Å². The molecule has 0 saturated heterocycles. The van der Waals surface area contributed by atoms with Gasteiger partial charge in [-0.3, -0.25) is 0 Å². The Kier molecular flexibility index (Phi) is 3.20. The fourth-order valence-electron chi connectivity index (χ4n) is 1.68. The lowest BCUT2D eigenvalue weighted by Gasteiger charge is -2.07. The normalized spacial score (nSPS) is 10.4. The molecular formula is C13H13ClN2. The Hall–Kier alpha value is -1.41. The third-order valence-corrected chi connectivity index (χ3v) is 2.86. The number of rotatable bonds is 2. The Labute approximate surface area is 100 Å². The second-order valence-electron chi connectivity index (χ2n) is 3.62. The third-order valence-electron chi connectivity index (χ3n) is 2.55. The lowest BCUT2D eigenvalue weighted by atomic mass is 10.1.